The minimum Gasteiger partial charge on any atom is -0.508 e. The Balaban J connectivity index is 0.000000258. The van der Waals surface area contributed by atoms with Gasteiger partial charge in [0.15, 0.2) is 0 Å². The molecule has 0 aliphatic carbocycles. The topological polar surface area (TPSA) is 72.3 Å². The van der Waals surface area contributed by atoms with Gasteiger partial charge in [-0.1, -0.05) is 49.9 Å². The van der Waals surface area contributed by atoms with Gasteiger partial charge in [-0.05, 0) is 47.5 Å². The Labute approximate surface area is 131 Å². The minimum atomic E-state index is 0. The second-order valence-corrected chi connectivity index (χ2v) is 4.58. The summed E-state index contributed by atoms with van der Waals surface area (Å²) >= 11 is 0. The van der Waals surface area contributed by atoms with E-state index in [1.54, 1.807) is 24.3 Å². The van der Waals surface area contributed by atoms with E-state index in [4.69, 9.17) is 16.6 Å². The number of hydrogen-bond donors (Lipinski definition) is 3. The molecule has 3 aromatic carbocycles. The molecule has 22 heavy (non-hydrogen) atoms. The maximum absolute atomic E-state index is 8.63. The minimum absolute atomic E-state index is 0. The first-order valence-corrected chi connectivity index (χ1v) is 6.60. The number of aromatic hydroxyl groups is 1. The molecule has 0 amide bonds. The molecular weight excluding hydrogens is 272 g/mol. The van der Waals surface area contributed by atoms with Crippen molar-refractivity contribution >= 4 is 11.4 Å². The lowest BCUT2D eigenvalue weighted by Crippen LogP contribution is -1.85. The van der Waals surface area contributed by atoms with Crippen LogP contribution in [0.2, 0.25) is 0 Å². The zero-order valence-corrected chi connectivity index (χ0v) is 11.6. The molecule has 3 aromatic rings. The van der Waals surface area contributed by atoms with E-state index in [1.807, 2.05) is 54.6 Å². The van der Waals surface area contributed by atoms with Crippen LogP contribution in [-0.4, -0.2) is 5.11 Å². The van der Waals surface area contributed by atoms with Crippen LogP contribution in [0.4, 0.5) is 11.4 Å². The third-order valence-corrected chi connectivity index (χ3v) is 2.91. The summed E-state index contributed by atoms with van der Waals surface area (Å²) in [5.74, 6) is 0.322. The van der Waals surface area contributed by atoms with Gasteiger partial charge in [-0.2, -0.15) is 0 Å². The van der Waals surface area contributed by atoms with Gasteiger partial charge >= 0.3 is 0 Å². The summed E-state index contributed by atoms with van der Waals surface area (Å²) < 4.78 is 0. The van der Waals surface area contributed by atoms with Crippen molar-refractivity contribution in [2.45, 2.75) is 7.43 Å². The Morgan fingerprint density at radius 1 is 0.545 bits per heavy atom. The molecule has 3 nitrogen and oxygen atoms in total. The summed E-state index contributed by atoms with van der Waals surface area (Å²) in [5.41, 5.74) is 15.1. The van der Waals surface area contributed by atoms with Gasteiger partial charge in [-0.25, -0.2) is 0 Å². The molecule has 0 radical (unpaired) electrons. The summed E-state index contributed by atoms with van der Waals surface area (Å²) in [7, 11) is 0. The third kappa shape index (κ3) is 5.21. The largest absolute Gasteiger partial charge is 0.508 e. The monoisotopic (exact) mass is 294 g/mol. The van der Waals surface area contributed by atoms with E-state index in [1.165, 1.54) is 0 Å². The molecule has 3 rings (SSSR count). The second-order valence-electron chi connectivity index (χ2n) is 4.58. The lowest BCUT2D eigenvalue weighted by Gasteiger charge is -2.02. The van der Waals surface area contributed by atoms with Crippen LogP contribution in [0.5, 0.6) is 5.75 Å². The van der Waals surface area contributed by atoms with Crippen LogP contribution in [0.25, 0.3) is 11.1 Å². The molecule has 0 saturated heterocycles. The van der Waals surface area contributed by atoms with Crippen molar-refractivity contribution in [3.05, 3.63) is 78.9 Å². The highest BCUT2D eigenvalue weighted by molar-refractivity contribution is 5.67. The second kappa shape index (κ2) is 8.37. The molecular formula is C19H22N2O. The quantitative estimate of drug-likeness (QED) is 0.577. The van der Waals surface area contributed by atoms with Crippen molar-refractivity contribution in [1.82, 2.24) is 0 Å². The van der Waals surface area contributed by atoms with Gasteiger partial charge in [0.25, 0.3) is 0 Å². The first-order valence-electron chi connectivity index (χ1n) is 6.60. The maximum atomic E-state index is 8.63. The SMILES string of the molecule is C.Nc1ccc(-c2ccc(N)cc2)cc1.Oc1ccccc1. The van der Waals surface area contributed by atoms with Gasteiger partial charge in [-0.3, -0.25) is 0 Å². The van der Waals surface area contributed by atoms with Crippen LogP contribution in [0.3, 0.4) is 0 Å². The van der Waals surface area contributed by atoms with Gasteiger partial charge in [0.05, 0.1) is 0 Å². The predicted molar refractivity (Wildman–Crippen MR) is 95.5 cm³/mol. The lowest BCUT2D eigenvalue weighted by atomic mass is 10.1. The zero-order chi connectivity index (χ0) is 15.1. The molecule has 0 aliphatic rings. The summed E-state index contributed by atoms with van der Waals surface area (Å²) in [6.45, 7) is 0. The van der Waals surface area contributed by atoms with Gasteiger partial charge in [0.2, 0.25) is 0 Å². The van der Waals surface area contributed by atoms with Crippen LogP contribution < -0.4 is 11.5 Å². The highest BCUT2D eigenvalue weighted by Crippen LogP contribution is 2.21. The number of nitrogen functional groups attached to an aromatic ring is 2. The van der Waals surface area contributed by atoms with E-state index >= 15 is 0 Å². The summed E-state index contributed by atoms with van der Waals surface area (Å²) in [6.07, 6.45) is 0. The summed E-state index contributed by atoms with van der Waals surface area (Å²) in [4.78, 5) is 0. The fourth-order valence-corrected chi connectivity index (χ4v) is 1.78. The van der Waals surface area contributed by atoms with Crippen LogP contribution in [-0.2, 0) is 0 Å². The number of benzene rings is 3. The molecule has 0 fully saturated rings. The average molecular weight is 294 g/mol. The van der Waals surface area contributed by atoms with E-state index < -0.39 is 0 Å². The molecule has 0 aliphatic heterocycles. The Morgan fingerprint density at radius 3 is 1.18 bits per heavy atom. The first-order chi connectivity index (χ1) is 10.1. The molecule has 0 saturated carbocycles. The first kappa shape index (κ1) is 17.1. The molecule has 0 atom stereocenters. The van der Waals surface area contributed by atoms with Crippen molar-refractivity contribution in [3.63, 3.8) is 0 Å². The van der Waals surface area contributed by atoms with Gasteiger partial charge in [0, 0.05) is 11.4 Å². The number of anilines is 2. The van der Waals surface area contributed by atoms with Crippen molar-refractivity contribution in [1.29, 1.82) is 0 Å². The van der Waals surface area contributed by atoms with Gasteiger partial charge in [0.1, 0.15) is 5.75 Å². The zero-order valence-electron chi connectivity index (χ0n) is 11.6. The van der Waals surface area contributed by atoms with Gasteiger partial charge < -0.3 is 16.6 Å². The number of nitrogens with two attached hydrogens (primary N) is 2. The normalized spacial score (nSPS) is 9.09. The number of phenols is 1. The van der Waals surface area contributed by atoms with Crippen molar-refractivity contribution in [2.24, 2.45) is 0 Å². The van der Waals surface area contributed by atoms with Crippen molar-refractivity contribution in [3.8, 4) is 16.9 Å². The molecule has 114 valence electrons. The van der Waals surface area contributed by atoms with E-state index in [-0.39, 0.29) is 7.43 Å². The molecule has 5 N–H and O–H groups in total. The number of hydrogen-bond acceptors (Lipinski definition) is 3. The maximum Gasteiger partial charge on any atom is 0.115 e. The number of para-hydroxylation sites is 1. The van der Waals surface area contributed by atoms with Crippen LogP contribution in [0, 0.1) is 0 Å². The Bertz CT molecular complexity index is 619. The average Bonchev–Trinajstić information content (AvgIpc) is 2.50. The molecule has 0 unspecified atom stereocenters. The van der Waals surface area contributed by atoms with Gasteiger partial charge in [-0.15, -0.1) is 0 Å². The molecule has 3 heteroatoms. The highest BCUT2D eigenvalue weighted by atomic mass is 16.3. The molecule has 0 spiro atoms. The molecule has 0 heterocycles. The van der Waals surface area contributed by atoms with E-state index in [2.05, 4.69) is 0 Å². The predicted octanol–water partition coefficient (Wildman–Crippen LogP) is 4.55. The summed E-state index contributed by atoms with van der Waals surface area (Å²) in [5, 5.41) is 8.63. The van der Waals surface area contributed by atoms with Crippen molar-refractivity contribution in [2.75, 3.05) is 11.5 Å². The highest BCUT2D eigenvalue weighted by Gasteiger charge is 1.95. The molecule has 0 aromatic heterocycles. The fourth-order valence-electron chi connectivity index (χ4n) is 1.78. The van der Waals surface area contributed by atoms with Crippen LogP contribution >= 0.6 is 0 Å². The van der Waals surface area contributed by atoms with E-state index in [9.17, 15) is 0 Å². The Morgan fingerprint density at radius 2 is 0.909 bits per heavy atom. The smallest absolute Gasteiger partial charge is 0.115 e. The fraction of sp³-hybridized carbons (Fsp3) is 0.0526. The summed E-state index contributed by atoms with van der Waals surface area (Å²) in [6, 6.07) is 24.3. The Kier molecular flexibility index (Phi) is 6.51. The molecule has 0 bridgehead atoms. The van der Waals surface area contributed by atoms with Crippen molar-refractivity contribution < 1.29 is 5.11 Å². The number of rotatable bonds is 1. The van der Waals surface area contributed by atoms with E-state index in [0.717, 1.165) is 22.5 Å². The lowest BCUT2D eigenvalue weighted by molar-refractivity contribution is 0.475. The Hall–Kier alpha value is -2.94. The number of phenolic OH excluding ortho intramolecular Hbond substituents is 1. The van der Waals surface area contributed by atoms with E-state index in [0.29, 0.717) is 5.75 Å². The standard InChI is InChI=1S/C12H12N2.C6H6O.CH4/c13-11-5-1-9(2-6-11)10-3-7-12(14)8-4-10;7-6-4-2-1-3-5-6;/h1-8H,13-14H2;1-5,7H;1H4. The third-order valence-electron chi connectivity index (χ3n) is 2.91. The van der Waals surface area contributed by atoms with Crippen LogP contribution in [0.1, 0.15) is 7.43 Å². The van der Waals surface area contributed by atoms with Crippen LogP contribution in [0.15, 0.2) is 78.9 Å².